The van der Waals surface area contributed by atoms with Crippen molar-refractivity contribution in [3.8, 4) is 0 Å². The number of halogens is 4. The Morgan fingerprint density at radius 2 is 2.08 bits per heavy atom. The van der Waals surface area contributed by atoms with Crippen LogP contribution in [0.2, 0.25) is 5.02 Å². The van der Waals surface area contributed by atoms with Crippen LogP contribution in [0.15, 0.2) is 12.3 Å². The lowest BCUT2D eigenvalue weighted by molar-refractivity contribution is -0.137. The van der Waals surface area contributed by atoms with Crippen molar-refractivity contribution in [2.45, 2.75) is 25.6 Å². The maximum absolute atomic E-state index is 12.7. The molecule has 1 aliphatic heterocycles. The van der Waals surface area contributed by atoms with Crippen LogP contribution in [0.3, 0.4) is 0 Å². The van der Waals surface area contributed by atoms with Gasteiger partial charge in [-0.15, -0.1) is 0 Å². The van der Waals surface area contributed by atoms with E-state index in [1.807, 2.05) is 4.90 Å². The molecule has 0 bridgehead atoms. The van der Waals surface area contributed by atoms with E-state index in [1.54, 1.807) is 6.92 Å². The summed E-state index contributed by atoms with van der Waals surface area (Å²) in [6.07, 6.45) is -2.96. The van der Waals surface area contributed by atoms with E-state index in [0.29, 0.717) is 30.7 Å². The molecule has 11 heteroatoms. The summed E-state index contributed by atoms with van der Waals surface area (Å²) in [6.45, 7) is 2.80. The summed E-state index contributed by atoms with van der Waals surface area (Å²) >= 11 is 5.99. The van der Waals surface area contributed by atoms with Gasteiger partial charge in [-0.2, -0.15) is 28.1 Å². The van der Waals surface area contributed by atoms with Crippen LogP contribution in [0.4, 0.5) is 30.9 Å². The second-order valence-corrected chi connectivity index (χ2v) is 6.07. The SMILES string of the molecule is Cc1nc(N)nc(NC2CCN(c3ncc(C(F)(F)F)cc3Cl)C2)n1. The average molecular weight is 374 g/mol. The molecular weight excluding hydrogens is 359 g/mol. The second kappa shape index (κ2) is 6.51. The molecule has 1 fully saturated rings. The maximum Gasteiger partial charge on any atom is 0.417 e. The van der Waals surface area contributed by atoms with Gasteiger partial charge in [-0.3, -0.25) is 0 Å². The number of hydrogen-bond acceptors (Lipinski definition) is 7. The zero-order valence-corrected chi connectivity index (χ0v) is 13.9. The van der Waals surface area contributed by atoms with E-state index in [4.69, 9.17) is 17.3 Å². The third-order valence-corrected chi connectivity index (χ3v) is 4.01. The average Bonchev–Trinajstić information content (AvgIpc) is 2.93. The van der Waals surface area contributed by atoms with E-state index in [-0.39, 0.29) is 17.0 Å². The van der Waals surface area contributed by atoms with Gasteiger partial charge in [0.25, 0.3) is 0 Å². The van der Waals surface area contributed by atoms with Crippen molar-refractivity contribution in [1.82, 2.24) is 19.9 Å². The lowest BCUT2D eigenvalue weighted by atomic mass is 10.2. The number of nitrogens with two attached hydrogens (primary N) is 1. The van der Waals surface area contributed by atoms with Crippen molar-refractivity contribution in [3.05, 3.63) is 28.7 Å². The molecule has 0 aromatic carbocycles. The Hall–Kier alpha value is -2.36. The predicted molar refractivity (Wildman–Crippen MR) is 87.5 cm³/mol. The molecule has 3 rings (SSSR count). The molecule has 0 amide bonds. The van der Waals surface area contributed by atoms with Crippen LogP contribution in [-0.2, 0) is 6.18 Å². The third kappa shape index (κ3) is 4.01. The first-order chi connectivity index (χ1) is 11.7. The van der Waals surface area contributed by atoms with Crippen LogP contribution in [-0.4, -0.2) is 39.1 Å². The topological polar surface area (TPSA) is 92.8 Å². The molecule has 0 radical (unpaired) electrons. The monoisotopic (exact) mass is 373 g/mol. The number of nitrogen functional groups attached to an aromatic ring is 1. The molecule has 2 aromatic rings. The van der Waals surface area contributed by atoms with Gasteiger partial charge in [-0.05, 0) is 19.4 Å². The first-order valence-electron chi connectivity index (χ1n) is 7.45. The van der Waals surface area contributed by atoms with Crippen molar-refractivity contribution in [3.63, 3.8) is 0 Å². The lowest BCUT2D eigenvalue weighted by Gasteiger charge is -2.20. The highest BCUT2D eigenvalue weighted by molar-refractivity contribution is 6.33. The molecule has 25 heavy (non-hydrogen) atoms. The summed E-state index contributed by atoms with van der Waals surface area (Å²) < 4.78 is 38.1. The molecular formula is C14H15ClF3N7. The van der Waals surface area contributed by atoms with Crippen LogP contribution < -0.4 is 16.0 Å². The molecule has 1 saturated heterocycles. The van der Waals surface area contributed by atoms with Gasteiger partial charge in [0.1, 0.15) is 11.6 Å². The fraction of sp³-hybridized carbons (Fsp3) is 0.429. The Morgan fingerprint density at radius 3 is 2.72 bits per heavy atom. The molecule has 0 aliphatic carbocycles. The number of aromatic nitrogens is 4. The maximum atomic E-state index is 12.7. The molecule has 1 unspecified atom stereocenters. The predicted octanol–water partition coefficient (Wildman–Crippen LogP) is 2.52. The number of aryl methyl sites for hydroxylation is 1. The zero-order valence-electron chi connectivity index (χ0n) is 13.2. The van der Waals surface area contributed by atoms with E-state index in [1.165, 1.54) is 0 Å². The van der Waals surface area contributed by atoms with Gasteiger partial charge in [0.2, 0.25) is 11.9 Å². The Morgan fingerprint density at radius 1 is 1.32 bits per heavy atom. The second-order valence-electron chi connectivity index (χ2n) is 5.67. The summed E-state index contributed by atoms with van der Waals surface area (Å²) in [4.78, 5) is 17.8. The Bertz CT molecular complexity index is 763. The van der Waals surface area contributed by atoms with Gasteiger partial charge in [0, 0.05) is 25.3 Å². The van der Waals surface area contributed by atoms with Crippen molar-refractivity contribution < 1.29 is 13.2 Å². The quantitative estimate of drug-likeness (QED) is 0.853. The number of pyridine rings is 1. The molecule has 1 atom stereocenters. The van der Waals surface area contributed by atoms with Crippen molar-refractivity contribution in [2.24, 2.45) is 0 Å². The third-order valence-electron chi connectivity index (χ3n) is 3.73. The highest BCUT2D eigenvalue weighted by Crippen LogP contribution is 2.34. The van der Waals surface area contributed by atoms with Gasteiger partial charge < -0.3 is 16.0 Å². The van der Waals surface area contributed by atoms with Gasteiger partial charge in [0.05, 0.1) is 10.6 Å². The fourth-order valence-corrected chi connectivity index (χ4v) is 2.92. The number of hydrogen-bond donors (Lipinski definition) is 2. The van der Waals surface area contributed by atoms with Crippen molar-refractivity contribution >= 4 is 29.3 Å². The summed E-state index contributed by atoms with van der Waals surface area (Å²) in [6, 6.07) is 0.877. The van der Waals surface area contributed by atoms with Gasteiger partial charge in [0.15, 0.2) is 0 Å². The van der Waals surface area contributed by atoms with Gasteiger partial charge in [-0.1, -0.05) is 11.6 Å². The van der Waals surface area contributed by atoms with Crippen molar-refractivity contribution in [2.75, 3.05) is 29.0 Å². The molecule has 2 aromatic heterocycles. The van der Waals surface area contributed by atoms with Gasteiger partial charge in [-0.25, -0.2) is 4.98 Å². The molecule has 134 valence electrons. The fourth-order valence-electron chi connectivity index (χ4n) is 2.64. The minimum atomic E-state index is -4.47. The Labute approximate surface area is 146 Å². The number of anilines is 3. The highest BCUT2D eigenvalue weighted by atomic mass is 35.5. The largest absolute Gasteiger partial charge is 0.417 e. The number of nitrogens with one attached hydrogen (secondary N) is 1. The summed E-state index contributed by atoms with van der Waals surface area (Å²) in [5.74, 6) is 1.31. The van der Waals surface area contributed by atoms with E-state index in [9.17, 15) is 13.2 Å². The lowest BCUT2D eigenvalue weighted by Crippen LogP contribution is -2.28. The van der Waals surface area contributed by atoms with Crippen LogP contribution in [0.5, 0.6) is 0 Å². The van der Waals surface area contributed by atoms with Crippen molar-refractivity contribution in [1.29, 1.82) is 0 Å². The molecule has 0 spiro atoms. The van der Waals surface area contributed by atoms with Crippen LogP contribution >= 0.6 is 11.6 Å². The first kappa shape index (κ1) is 17.5. The van der Waals surface area contributed by atoms with Crippen LogP contribution in [0.25, 0.3) is 0 Å². The smallest absolute Gasteiger partial charge is 0.368 e. The van der Waals surface area contributed by atoms with E-state index in [2.05, 4.69) is 25.3 Å². The van der Waals surface area contributed by atoms with Gasteiger partial charge >= 0.3 is 6.18 Å². The normalized spacial score (nSPS) is 17.8. The molecule has 1 aliphatic rings. The molecule has 7 nitrogen and oxygen atoms in total. The molecule has 3 heterocycles. The summed E-state index contributed by atoms with van der Waals surface area (Å²) in [7, 11) is 0. The zero-order chi connectivity index (χ0) is 18.2. The minimum Gasteiger partial charge on any atom is -0.368 e. The molecule has 0 saturated carbocycles. The molecule has 3 N–H and O–H groups in total. The number of rotatable bonds is 3. The first-order valence-corrected chi connectivity index (χ1v) is 7.82. The summed E-state index contributed by atoms with van der Waals surface area (Å²) in [5.41, 5.74) is 4.72. The van der Waals surface area contributed by atoms with E-state index >= 15 is 0 Å². The Kier molecular flexibility index (Phi) is 4.55. The van der Waals surface area contributed by atoms with Crippen LogP contribution in [0, 0.1) is 6.92 Å². The van der Waals surface area contributed by atoms with E-state index < -0.39 is 11.7 Å². The highest BCUT2D eigenvalue weighted by Gasteiger charge is 2.33. The van der Waals surface area contributed by atoms with Crippen LogP contribution in [0.1, 0.15) is 17.8 Å². The number of nitrogens with zero attached hydrogens (tertiary/aromatic N) is 5. The minimum absolute atomic E-state index is 0.0126. The summed E-state index contributed by atoms with van der Waals surface area (Å²) in [5, 5.41) is 3.11. The Balaban J connectivity index is 1.70. The number of alkyl halides is 3. The standard InChI is InChI=1S/C14H15ClF3N7/c1-7-21-12(19)24-13(22-7)23-9-2-3-25(6-9)11-10(15)4-8(5-20-11)14(16,17)18/h4-5,9H,2-3,6H2,1H3,(H3,19,21,22,23,24). The van der Waals surface area contributed by atoms with E-state index in [0.717, 1.165) is 18.7 Å².